The van der Waals surface area contributed by atoms with E-state index >= 15 is 0 Å². The molecule has 0 spiro atoms. The maximum Gasteiger partial charge on any atom is 0.0521 e. The lowest BCUT2D eigenvalue weighted by atomic mass is 9.96. The first-order valence-corrected chi connectivity index (χ1v) is 6.33. The molecule has 1 saturated heterocycles. The van der Waals surface area contributed by atoms with Crippen molar-refractivity contribution in [3.8, 4) is 0 Å². The van der Waals surface area contributed by atoms with Crippen molar-refractivity contribution >= 4 is 0 Å². The number of hydrogen-bond acceptors (Lipinski definition) is 3. The van der Waals surface area contributed by atoms with Crippen LogP contribution in [0.2, 0.25) is 0 Å². The third-order valence-electron chi connectivity index (χ3n) is 3.30. The Balaban J connectivity index is 2.29. The number of ether oxygens (including phenoxy) is 1. The first-order chi connectivity index (χ1) is 7.27. The molecule has 2 unspecified atom stereocenters. The van der Waals surface area contributed by atoms with Crippen LogP contribution >= 0.6 is 0 Å². The summed E-state index contributed by atoms with van der Waals surface area (Å²) in [6.45, 7) is 9.60. The molecule has 3 heteroatoms. The zero-order valence-corrected chi connectivity index (χ0v) is 10.2. The van der Waals surface area contributed by atoms with E-state index in [0.29, 0.717) is 12.0 Å². The zero-order valence-electron chi connectivity index (χ0n) is 10.2. The Hall–Kier alpha value is -0.120. The van der Waals surface area contributed by atoms with Gasteiger partial charge in [0, 0.05) is 25.1 Å². The zero-order chi connectivity index (χ0) is 11.1. The van der Waals surface area contributed by atoms with E-state index in [2.05, 4.69) is 18.7 Å². The van der Waals surface area contributed by atoms with Gasteiger partial charge in [0.25, 0.3) is 0 Å². The molecule has 2 N–H and O–H groups in total. The largest absolute Gasteiger partial charge is 0.381 e. The molecule has 0 aromatic carbocycles. The van der Waals surface area contributed by atoms with Crippen LogP contribution in [0.5, 0.6) is 0 Å². The molecular weight excluding hydrogens is 188 g/mol. The molecule has 2 atom stereocenters. The molecule has 3 nitrogen and oxygen atoms in total. The van der Waals surface area contributed by atoms with Crippen LogP contribution in [0.1, 0.15) is 33.1 Å². The van der Waals surface area contributed by atoms with Gasteiger partial charge in [-0.1, -0.05) is 20.3 Å². The molecule has 0 aromatic heterocycles. The smallest absolute Gasteiger partial charge is 0.0521 e. The minimum absolute atomic E-state index is 0.342. The van der Waals surface area contributed by atoms with Crippen LogP contribution in [0.15, 0.2) is 0 Å². The summed E-state index contributed by atoms with van der Waals surface area (Å²) in [4.78, 5) is 2.50. The van der Waals surface area contributed by atoms with Crippen molar-refractivity contribution in [2.45, 2.75) is 39.2 Å². The van der Waals surface area contributed by atoms with Crippen molar-refractivity contribution in [1.82, 2.24) is 4.90 Å². The Labute approximate surface area is 94.0 Å². The van der Waals surface area contributed by atoms with E-state index in [1.807, 2.05) is 0 Å². The molecule has 0 aliphatic carbocycles. The highest BCUT2D eigenvalue weighted by Gasteiger charge is 2.23. The van der Waals surface area contributed by atoms with Gasteiger partial charge in [-0.2, -0.15) is 0 Å². The Morgan fingerprint density at radius 2 is 2.20 bits per heavy atom. The minimum atomic E-state index is 0.342. The summed E-state index contributed by atoms with van der Waals surface area (Å²) in [5.74, 6) is 0.538. The third-order valence-corrected chi connectivity index (χ3v) is 3.30. The van der Waals surface area contributed by atoms with Gasteiger partial charge in [0.05, 0.1) is 6.61 Å². The van der Waals surface area contributed by atoms with Crippen molar-refractivity contribution in [3.05, 3.63) is 0 Å². The van der Waals surface area contributed by atoms with Gasteiger partial charge in [0.1, 0.15) is 0 Å². The Bertz CT molecular complexity index is 164. The van der Waals surface area contributed by atoms with E-state index in [4.69, 9.17) is 10.5 Å². The van der Waals surface area contributed by atoms with Crippen LogP contribution in [0.25, 0.3) is 0 Å². The highest BCUT2D eigenvalue weighted by atomic mass is 16.5. The fraction of sp³-hybridized carbons (Fsp3) is 1.00. The van der Waals surface area contributed by atoms with Crippen LogP contribution < -0.4 is 5.73 Å². The fourth-order valence-electron chi connectivity index (χ4n) is 2.09. The summed E-state index contributed by atoms with van der Waals surface area (Å²) in [7, 11) is 0. The number of nitrogens with zero attached hydrogens (tertiary/aromatic N) is 1. The Morgan fingerprint density at radius 3 is 2.80 bits per heavy atom. The summed E-state index contributed by atoms with van der Waals surface area (Å²) >= 11 is 0. The fourth-order valence-corrected chi connectivity index (χ4v) is 2.09. The topological polar surface area (TPSA) is 38.5 Å². The number of rotatable bonds is 6. The molecule has 90 valence electrons. The molecule has 15 heavy (non-hydrogen) atoms. The van der Waals surface area contributed by atoms with E-state index in [-0.39, 0.29) is 0 Å². The normalized spacial score (nSPS) is 27.2. The van der Waals surface area contributed by atoms with Gasteiger partial charge in [-0.05, 0) is 25.9 Å². The standard InChI is InChI=1S/C12H26N2O/c1-3-5-7-14(4-2)9-11-10-15-8-6-12(11)13/h11-12H,3-10,13H2,1-2H3. The molecule has 0 aromatic rings. The van der Waals surface area contributed by atoms with Gasteiger partial charge in [0.15, 0.2) is 0 Å². The molecule has 1 fully saturated rings. The van der Waals surface area contributed by atoms with E-state index in [1.165, 1.54) is 19.4 Å². The van der Waals surface area contributed by atoms with E-state index < -0.39 is 0 Å². The van der Waals surface area contributed by atoms with Crippen molar-refractivity contribution in [2.24, 2.45) is 11.7 Å². The molecule has 0 amide bonds. The molecule has 0 saturated carbocycles. The molecule has 0 radical (unpaired) electrons. The Kier molecular flexibility index (Phi) is 6.22. The van der Waals surface area contributed by atoms with Crippen molar-refractivity contribution in [2.75, 3.05) is 32.8 Å². The molecule has 1 aliphatic heterocycles. The highest BCUT2D eigenvalue weighted by Crippen LogP contribution is 2.14. The highest BCUT2D eigenvalue weighted by molar-refractivity contribution is 4.79. The van der Waals surface area contributed by atoms with E-state index in [0.717, 1.165) is 32.7 Å². The lowest BCUT2D eigenvalue weighted by Crippen LogP contribution is -2.45. The first-order valence-electron chi connectivity index (χ1n) is 6.33. The van der Waals surface area contributed by atoms with Crippen molar-refractivity contribution in [3.63, 3.8) is 0 Å². The Morgan fingerprint density at radius 1 is 1.40 bits per heavy atom. The maximum atomic E-state index is 6.10. The molecule has 1 aliphatic rings. The monoisotopic (exact) mass is 214 g/mol. The lowest BCUT2D eigenvalue weighted by molar-refractivity contribution is 0.0266. The van der Waals surface area contributed by atoms with Gasteiger partial charge in [-0.25, -0.2) is 0 Å². The maximum absolute atomic E-state index is 6.10. The quantitative estimate of drug-likeness (QED) is 0.728. The van der Waals surface area contributed by atoms with Gasteiger partial charge in [-0.3, -0.25) is 0 Å². The summed E-state index contributed by atoms with van der Waals surface area (Å²) < 4.78 is 5.50. The van der Waals surface area contributed by atoms with E-state index in [1.54, 1.807) is 0 Å². The van der Waals surface area contributed by atoms with Crippen LogP contribution in [0, 0.1) is 5.92 Å². The first kappa shape index (κ1) is 12.9. The second-order valence-electron chi connectivity index (χ2n) is 4.53. The van der Waals surface area contributed by atoms with Crippen molar-refractivity contribution < 1.29 is 4.74 Å². The number of unbranched alkanes of at least 4 members (excludes halogenated alkanes) is 1. The van der Waals surface area contributed by atoms with Crippen LogP contribution in [0.4, 0.5) is 0 Å². The average Bonchev–Trinajstić information content (AvgIpc) is 2.26. The second kappa shape index (κ2) is 7.20. The predicted molar refractivity (Wildman–Crippen MR) is 63.9 cm³/mol. The third kappa shape index (κ3) is 4.49. The molecule has 1 heterocycles. The van der Waals surface area contributed by atoms with Gasteiger partial charge in [-0.15, -0.1) is 0 Å². The van der Waals surface area contributed by atoms with Gasteiger partial charge >= 0.3 is 0 Å². The molecular formula is C12H26N2O. The average molecular weight is 214 g/mol. The number of nitrogens with two attached hydrogens (primary N) is 1. The summed E-state index contributed by atoms with van der Waals surface area (Å²) in [6.07, 6.45) is 3.58. The van der Waals surface area contributed by atoms with Crippen molar-refractivity contribution in [1.29, 1.82) is 0 Å². The van der Waals surface area contributed by atoms with Gasteiger partial charge in [0.2, 0.25) is 0 Å². The molecule has 1 rings (SSSR count). The second-order valence-corrected chi connectivity index (χ2v) is 4.53. The summed E-state index contributed by atoms with van der Waals surface area (Å²) in [5.41, 5.74) is 6.10. The van der Waals surface area contributed by atoms with Crippen LogP contribution in [0.3, 0.4) is 0 Å². The van der Waals surface area contributed by atoms with Gasteiger partial charge < -0.3 is 15.4 Å². The minimum Gasteiger partial charge on any atom is -0.381 e. The van der Waals surface area contributed by atoms with Crippen LogP contribution in [-0.2, 0) is 4.74 Å². The van der Waals surface area contributed by atoms with E-state index in [9.17, 15) is 0 Å². The lowest BCUT2D eigenvalue weighted by Gasteiger charge is -2.33. The SMILES string of the molecule is CCCCN(CC)CC1COCCC1N. The summed E-state index contributed by atoms with van der Waals surface area (Å²) in [5, 5.41) is 0. The van der Waals surface area contributed by atoms with Crippen LogP contribution in [-0.4, -0.2) is 43.8 Å². The predicted octanol–water partition coefficient (Wildman–Crippen LogP) is 1.47. The molecule has 0 bridgehead atoms. The summed E-state index contributed by atoms with van der Waals surface area (Å²) in [6, 6.07) is 0.342. The number of hydrogen-bond donors (Lipinski definition) is 1.